The Morgan fingerprint density at radius 2 is 1.66 bits per heavy atom. The summed E-state index contributed by atoms with van der Waals surface area (Å²) in [5.41, 5.74) is -3.20. The van der Waals surface area contributed by atoms with E-state index in [1.165, 1.54) is 0 Å². The van der Waals surface area contributed by atoms with Gasteiger partial charge in [-0.05, 0) is 41.1 Å². The second-order valence-corrected chi connectivity index (χ2v) is 8.17. The molecule has 0 aromatic heterocycles. The van der Waals surface area contributed by atoms with Crippen molar-refractivity contribution in [2.24, 2.45) is 5.18 Å². The highest BCUT2D eigenvalue weighted by molar-refractivity contribution is 6.09. The van der Waals surface area contributed by atoms with Crippen molar-refractivity contribution in [3.05, 3.63) is 80.4 Å². The van der Waals surface area contributed by atoms with Gasteiger partial charge >= 0.3 is 11.9 Å². The fourth-order valence-corrected chi connectivity index (χ4v) is 4.12. The Hall–Kier alpha value is -5.33. The van der Waals surface area contributed by atoms with Gasteiger partial charge in [0.25, 0.3) is 11.8 Å². The first kappa shape index (κ1) is 24.4. The highest BCUT2D eigenvalue weighted by atomic mass is 19.1. The first-order valence-corrected chi connectivity index (χ1v) is 10.8. The van der Waals surface area contributed by atoms with Gasteiger partial charge in [0.2, 0.25) is 5.43 Å². The molecule has 1 fully saturated rings. The number of nitroso groups, excluding NO2 is 1. The van der Waals surface area contributed by atoms with E-state index >= 15 is 0 Å². The van der Waals surface area contributed by atoms with Crippen LogP contribution >= 0.6 is 0 Å². The number of hydrogen-bond acceptors (Lipinski definition) is 9. The third kappa shape index (κ3) is 3.95. The molecule has 2 amide bonds. The van der Waals surface area contributed by atoms with Gasteiger partial charge in [0.05, 0.1) is 11.1 Å². The summed E-state index contributed by atoms with van der Waals surface area (Å²) in [5.74, 6) is -6.73. The van der Waals surface area contributed by atoms with Crippen LogP contribution in [0.1, 0.15) is 33.6 Å². The molecule has 11 nitrogen and oxygen atoms in total. The lowest BCUT2D eigenvalue weighted by Crippen LogP contribution is -2.32. The minimum Gasteiger partial charge on any atom is -0.478 e. The summed E-state index contributed by atoms with van der Waals surface area (Å²) in [6, 6.07) is 6.37. The lowest BCUT2D eigenvalue weighted by atomic mass is 9.89. The topological polar surface area (TPSA) is 161 Å². The maximum absolute atomic E-state index is 14.6. The number of nitrogens with zero attached hydrogens (tertiary/aromatic N) is 2. The summed E-state index contributed by atoms with van der Waals surface area (Å²) in [7, 11) is 0. The molecule has 0 spiro atoms. The van der Waals surface area contributed by atoms with Crippen molar-refractivity contribution in [3.8, 4) is 22.5 Å². The number of rotatable bonds is 5. The van der Waals surface area contributed by atoms with Crippen molar-refractivity contribution in [1.29, 1.82) is 0 Å². The lowest BCUT2D eigenvalue weighted by molar-refractivity contribution is -0.172. The Kier molecular flexibility index (Phi) is 5.74. The van der Waals surface area contributed by atoms with E-state index < -0.39 is 52.1 Å². The number of carbonyl (C=O) groups is 4. The number of aromatic carboxylic acids is 1. The Labute approximate surface area is 209 Å². The first-order chi connectivity index (χ1) is 18.1. The van der Waals surface area contributed by atoms with Gasteiger partial charge in [-0.2, -0.15) is 0 Å². The minimum absolute atomic E-state index is 0.140. The molecular formula is C25H12F2N2O9. The number of benzene rings is 3. The van der Waals surface area contributed by atoms with Crippen molar-refractivity contribution in [2.75, 3.05) is 0 Å². The molecule has 13 heteroatoms. The van der Waals surface area contributed by atoms with Gasteiger partial charge in [-0.15, -0.1) is 9.97 Å². The van der Waals surface area contributed by atoms with Gasteiger partial charge in [0, 0.05) is 41.5 Å². The zero-order valence-electron chi connectivity index (χ0n) is 18.8. The number of carbonyl (C=O) groups excluding carboxylic acids is 3. The van der Waals surface area contributed by atoms with Crippen molar-refractivity contribution in [1.82, 2.24) is 5.06 Å². The molecule has 2 aliphatic heterocycles. The normalized spacial score (nSPS) is 13.4. The molecule has 5 rings (SSSR count). The molecule has 0 unspecified atom stereocenters. The first-order valence-electron chi connectivity index (χ1n) is 10.8. The van der Waals surface area contributed by atoms with Gasteiger partial charge in [-0.25, -0.2) is 18.4 Å². The fourth-order valence-electron chi connectivity index (χ4n) is 4.12. The molecule has 0 saturated carbocycles. The Morgan fingerprint density at radius 3 is 2.32 bits per heavy atom. The van der Waals surface area contributed by atoms with Crippen LogP contribution in [-0.2, 0) is 14.4 Å². The molecule has 1 saturated heterocycles. The zero-order chi connectivity index (χ0) is 27.3. The van der Waals surface area contributed by atoms with Gasteiger partial charge in [-0.3, -0.25) is 14.4 Å². The van der Waals surface area contributed by atoms with Crippen molar-refractivity contribution < 1.29 is 42.3 Å². The predicted octanol–water partition coefficient (Wildman–Crippen LogP) is 4.16. The van der Waals surface area contributed by atoms with E-state index in [1.54, 1.807) is 0 Å². The lowest BCUT2D eigenvalue weighted by Gasteiger charge is -2.18. The van der Waals surface area contributed by atoms with Crippen LogP contribution in [0.15, 0.2) is 56.9 Å². The van der Waals surface area contributed by atoms with E-state index in [1.807, 2.05) is 0 Å². The number of halogens is 2. The Balaban J connectivity index is 1.80. The van der Waals surface area contributed by atoms with E-state index in [0.29, 0.717) is 5.06 Å². The number of imide groups is 1. The molecule has 3 aliphatic rings. The summed E-state index contributed by atoms with van der Waals surface area (Å²) in [6.45, 7) is 0. The highest BCUT2D eigenvalue weighted by Gasteiger charge is 2.33. The molecule has 38 heavy (non-hydrogen) atoms. The van der Waals surface area contributed by atoms with E-state index in [0.717, 1.165) is 42.5 Å². The number of hydroxylamine groups is 2. The van der Waals surface area contributed by atoms with Crippen LogP contribution in [0.2, 0.25) is 0 Å². The Bertz CT molecular complexity index is 1750. The summed E-state index contributed by atoms with van der Waals surface area (Å²) < 4.78 is 34.6. The number of carboxylic acid groups (broad SMARTS) is 1. The fraction of sp³-hybridized carbons (Fsp3) is 0.0800. The van der Waals surface area contributed by atoms with Gasteiger partial charge in [0.1, 0.15) is 17.0 Å². The summed E-state index contributed by atoms with van der Waals surface area (Å²) in [5, 5.41) is 12.6. The Morgan fingerprint density at radius 1 is 0.947 bits per heavy atom. The van der Waals surface area contributed by atoms with Crippen LogP contribution in [0, 0.1) is 16.5 Å². The smallest absolute Gasteiger partial charge is 0.363 e. The number of carboxylic acids is 1. The van der Waals surface area contributed by atoms with Crippen LogP contribution in [0.25, 0.3) is 33.4 Å². The molecule has 1 N–H and O–H groups in total. The molecule has 2 aromatic rings. The molecular weight excluding hydrogens is 510 g/mol. The molecule has 2 aromatic carbocycles. The zero-order valence-corrected chi connectivity index (χ0v) is 18.8. The second-order valence-electron chi connectivity index (χ2n) is 8.17. The van der Waals surface area contributed by atoms with E-state index in [-0.39, 0.29) is 51.8 Å². The maximum Gasteiger partial charge on any atom is 0.363 e. The standard InChI is InChI=1S/C25H12F2N2O9/c26-15-6-13-19(8-17(15)28-36)37-20-9-18(30)16(27)7-14(20)23(13)12-5-10(1-2-11(12)24(33)34)25(35)38-29-21(31)3-4-22(29)32/h1-2,5-9H,3-4H2,(H,33,34). The van der Waals surface area contributed by atoms with Crippen molar-refractivity contribution >= 4 is 40.4 Å². The summed E-state index contributed by atoms with van der Waals surface area (Å²) in [6.07, 6.45) is -0.311. The number of fused-ring (bicyclic) bond motifs is 2. The van der Waals surface area contributed by atoms with Gasteiger partial charge < -0.3 is 14.4 Å². The van der Waals surface area contributed by atoms with E-state index in [4.69, 9.17) is 9.25 Å². The summed E-state index contributed by atoms with van der Waals surface area (Å²) >= 11 is 0. The highest BCUT2D eigenvalue weighted by Crippen LogP contribution is 2.43. The minimum atomic E-state index is -1.49. The average Bonchev–Trinajstić information content (AvgIpc) is 3.19. The maximum atomic E-state index is 14.6. The summed E-state index contributed by atoms with van der Waals surface area (Å²) in [4.78, 5) is 76.4. The molecule has 2 heterocycles. The van der Waals surface area contributed by atoms with Crippen LogP contribution in [0.4, 0.5) is 14.5 Å². The quantitative estimate of drug-likeness (QED) is 0.230. The number of amides is 2. The van der Waals surface area contributed by atoms with E-state index in [2.05, 4.69) is 5.18 Å². The van der Waals surface area contributed by atoms with E-state index in [9.17, 15) is 42.8 Å². The van der Waals surface area contributed by atoms with Crippen LogP contribution in [-0.4, -0.2) is 33.9 Å². The third-order valence-corrected chi connectivity index (χ3v) is 5.88. The van der Waals surface area contributed by atoms with Gasteiger partial charge in [-0.1, -0.05) is 0 Å². The third-order valence-electron chi connectivity index (χ3n) is 5.88. The molecule has 0 atom stereocenters. The predicted molar refractivity (Wildman–Crippen MR) is 123 cm³/mol. The van der Waals surface area contributed by atoms with Crippen LogP contribution < -0.4 is 5.43 Å². The number of hydrogen-bond donors (Lipinski definition) is 1. The largest absolute Gasteiger partial charge is 0.478 e. The van der Waals surface area contributed by atoms with Crippen LogP contribution in [0.5, 0.6) is 0 Å². The molecule has 190 valence electrons. The van der Waals surface area contributed by atoms with Crippen LogP contribution in [0.3, 0.4) is 0 Å². The van der Waals surface area contributed by atoms with Gasteiger partial charge in [0.15, 0.2) is 11.6 Å². The van der Waals surface area contributed by atoms with Crippen molar-refractivity contribution in [3.63, 3.8) is 0 Å². The molecule has 0 bridgehead atoms. The van der Waals surface area contributed by atoms with Crippen molar-refractivity contribution in [2.45, 2.75) is 12.8 Å². The molecule has 1 aliphatic carbocycles. The average molecular weight is 522 g/mol. The second kappa shape index (κ2) is 8.96. The SMILES string of the molecule is O=Nc1cc2oc3cc(=O)c(F)cc-3c(-c3cc(C(=O)ON4C(=O)CCC4=O)ccc3C(=O)O)c2cc1F. The monoisotopic (exact) mass is 522 g/mol. The molecule has 0 radical (unpaired) electrons.